The van der Waals surface area contributed by atoms with Crippen LogP contribution in [0.1, 0.15) is 47.0 Å². The van der Waals surface area contributed by atoms with Crippen LogP contribution in [0.2, 0.25) is 0 Å². The molecule has 0 fully saturated rings. The fourth-order valence-corrected chi connectivity index (χ4v) is 2.61. The van der Waals surface area contributed by atoms with Gasteiger partial charge in [-0.05, 0) is 33.2 Å². The zero-order chi connectivity index (χ0) is 20.7. The molecule has 8 heteroatoms. The molecule has 1 unspecified atom stereocenters. The Hall–Kier alpha value is -1.06. The lowest BCUT2D eigenvalue weighted by Crippen LogP contribution is -2.56. The maximum Gasteiger partial charge on any atom is 0.220 e. The van der Waals surface area contributed by atoms with Gasteiger partial charge < -0.3 is 31.2 Å². The number of methoxy groups -OCH3 is 1. The van der Waals surface area contributed by atoms with Gasteiger partial charge in [-0.25, -0.2) is 0 Å². The molecule has 0 aromatic carbocycles. The summed E-state index contributed by atoms with van der Waals surface area (Å²) in [6, 6.07) is -0.231. The summed E-state index contributed by atoms with van der Waals surface area (Å²) in [5.41, 5.74) is 4.70. The average molecular weight is 389 g/mol. The molecule has 0 spiro atoms. The molecule has 0 aliphatic rings. The van der Waals surface area contributed by atoms with Crippen molar-refractivity contribution in [3.8, 4) is 0 Å². The van der Waals surface area contributed by atoms with E-state index in [1.807, 2.05) is 27.7 Å². The average Bonchev–Trinajstić information content (AvgIpc) is 2.61. The van der Waals surface area contributed by atoms with Gasteiger partial charge in [-0.1, -0.05) is 13.8 Å². The number of ketones is 1. The Morgan fingerprint density at radius 3 is 2.41 bits per heavy atom. The number of ether oxygens (including phenoxy) is 2. The Labute approximate surface area is 164 Å². The first kappa shape index (κ1) is 25.9. The molecule has 0 heterocycles. The zero-order valence-electron chi connectivity index (χ0n) is 17.7. The maximum atomic E-state index is 13.0. The van der Waals surface area contributed by atoms with E-state index in [9.17, 15) is 9.59 Å². The summed E-state index contributed by atoms with van der Waals surface area (Å²) < 4.78 is 10.4. The van der Waals surface area contributed by atoms with Crippen LogP contribution in [0.4, 0.5) is 0 Å². The van der Waals surface area contributed by atoms with Gasteiger partial charge in [-0.2, -0.15) is 0 Å². The molecule has 0 aromatic rings. The van der Waals surface area contributed by atoms with Crippen LogP contribution in [0, 0.1) is 0 Å². The molecule has 5 N–H and O–H groups in total. The fourth-order valence-electron chi connectivity index (χ4n) is 2.61. The minimum atomic E-state index is -0.688. The summed E-state index contributed by atoms with van der Waals surface area (Å²) >= 11 is 0. The molecule has 0 saturated heterocycles. The van der Waals surface area contributed by atoms with Crippen LogP contribution < -0.4 is 21.7 Å². The number of amides is 1. The summed E-state index contributed by atoms with van der Waals surface area (Å²) in [5.74, 6) is -0.0223. The Morgan fingerprint density at radius 2 is 1.81 bits per heavy atom. The number of nitrogens with one attached hydrogen (secondary N) is 3. The van der Waals surface area contributed by atoms with E-state index in [0.717, 1.165) is 6.42 Å². The van der Waals surface area contributed by atoms with E-state index < -0.39 is 5.54 Å². The van der Waals surface area contributed by atoms with Crippen LogP contribution >= 0.6 is 0 Å². The first-order valence-electron chi connectivity index (χ1n) is 9.83. The van der Waals surface area contributed by atoms with Crippen molar-refractivity contribution in [1.29, 1.82) is 0 Å². The van der Waals surface area contributed by atoms with Gasteiger partial charge in [-0.15, -0.1) is 0 Å². The standard InChI is InChI=1S/C19H40N4O4/c1-15(2)23-16(7-8-17(24)21-11-9-20)18(25)19(3,4)22-10-6-12-27-14-13-26-5/h15-16,22-23H,6-14,20H2,1-5H3,(H,21,24). The number of rotatable bonds is 17. The van der Waals surface area contributed by atoms with E-state index in [1.54, 1.807) is 7.11 Å². The van der Waals surface area contributed by atoms with Gasteiger partial charge in [0.15, 0.2) is 5.78 Å². The van der Waals surface area contributed by atoms with E-state index in [1.165, 1.54) is 0 Å². The third-order valence-electron chi connectivity index (χ3n) is 4.06. The lowest BCUT2D eigenvalue weighted by atomic mass is 9.90. The Morgan fingerprint density at radius 1 is 1.11 bits per heavy atom. The molecular formula is C19H40N4O4. The second kappa shape index (κ2) is 14.9. The third-order valence-corrected chi connectivity index (χ3v) is 4.06. The Balaban J connectivity index is 4.48. The van der Waals surface area contributed by atoms with Crippen molar-refractivity contribution < 1.29 is 19.1 Å². The van der Waals surface area contributed by atoms with Crippen molar-refractivity contribution in [2.75, 3.05) is 46.6 Å². The van der Waals surface area contributed by atoms with Gasteiger partial charge in [0.2, 0.25) is 5.91 Å². The molecule has 27 heavy (non-hydrogen) atoms. The maximum absolute atomic E-state index is 13.0. The Bertz CT molecular complexity index is 417. The highest BCUT2D eigenvalue weighted by molar-refractivity contribution is 5.92. The van der Waals surface area contributed by atoms with Crippen LogP contribution in [0.3, 0.4) is 0 Å². The molecule has 0 rings (SSSR count). The molecule has 160 valence electrons. The van der Waals surface area contributed by atoms with Crippen LogP contribution in [0.25, 0.3) is 0 Å². The van der Waals surface area contributed by atoms with Gasteiger partial charge in [0, 0.05) is 39.3 Å². The molecule has 0 aliphatic heterocycles. The number of carbonyl (C=O) groups is 2. The van der Waals surface area contributed by atoms with E-state index in [-0.39, 0.29) is 23.8 Å². The SMILES string of the molecule is COCCOCCCNC(C)(C)C(=O)C(CCC(=O)NCCN)NC(C)C. The van der Waals surface area contributed by atoms with Crippen LogP contribution in [-0.4, -0.2) is 75.9 Å². The van der Waals surface area contributed by atoms with E-state index >= 15 is 0 Å². The molecule has 1 atom stereocenters. The van der Waals surface area contributed by atoms with E-state index in [4.69, 9.17) is 15.2 Å². The van der Waals surface area contributed by atoms with E-state index in [2.05, 4.69) is 16.0 Å². The number of hydrogen-bond donors (Lipinski definition) is 4. The summed E-state index contributed by atoms with van der Waals surface area (Å²) in [4.78, 5) is 24.8. The smallest absolute Gasteiger partial charge is 0.220 e. The highest BCUT2D eigenvalue weighted by Gasteiger charge is 2.33. The topological polar surface area (TPSA) is 115 Å². The van der Waals surface area contributed by atoms with Gasteiger partial charge in [0.1, 0.15) is 0 Å². The number of Topliss-reactive ketones (excluding diaryl/α,β-unsaturated/α-hetero) is 1. The molecule has 0 aromatic heterocycles. The number of hydrogen-bond acceptors (Lipinski definition) is 7. The third kappa shape index (κ3) is 12.9. The predicted octanol–water partition coefficient (Wildman–Crippen LogP) is 0.199. The van der Waals surface area contributed by atoms with Crippen LogP contribution in [0.15, 0.2) is 0 Å². The normalized spacial score (nSPS) is 13.0. The van der Waals surface area contributed by atoms with Crippen molar-refractivity contribution in [2.45, 2.75) is 64.6 Å². The molecule has 1 amide bonds. The first-order chi connectivity index (χ1) is 12.7. The summed E-state index contributed by atoms with van der Waals surface area (Å²) in [6.45, 7) is 11.1. The van der Waals surface area contributed by atoms with Gasteiger partial charge in [-0.3, -0.25) is 9.59 Å². The lowest BCUT2D eigenvalue weighted by molar-refractivity contribution is -0.127. The van der Waals surface area contributed by atoms with Gasteiger partial charge in [0.25, 0.3) is 0 Å². The van der Waals surface area contributed by atoms with Gasteiger partial charge >= 0.3 is 0 Å². The summed E-state index contributed by atoms with van der Waals surface area (Å²) in [6.07, 6.45) is 1.56. The predicted molar refractivity (Wildman–Crippen MR) is 108 cm³/mol. The minimum absolute atomic E-state index is 0.0585. The van der Waals surface area contributed by atoms with Crippen molar-refractivity contribution in [3.63, 3.8) is 0 Å². The number of carbonyl (C=O) groups excluding carboxylic acids is 2. The Kier molecular flexibility index (Phi) is 14.3. The second-order valence-corrected chi connectivity index (χ2v) is 7.43. The quantitative estimate of drug-likeness (QED) is 0.263. The lowest BCUT2D eigenvalue weighted by Gasteiger charge is -2.31. The number of nitrogens with two attached hydrogens (primary N) is 1. The second-order valence-electron chi connectivity index (χ2n) is 7.43. The molecule has 0 aliphatic carbocycles. The van der Waals surface area contributed by atoms with Crippen LogP contribution in [-0.2, 0) is 19.1 Å². The molecule has 0 bridgehead atoms. The van der Waals surface area contributed by atoms with Gasteiger partial charge in [0.05, 0.1) is 24.8 Å². The highest BCUT2D eigenvalue weighted by Crippen LogP contribution is 2.12. The van der Waals surface area contributed by atoms with Crippen molar-refractivity contribution >= 4 is 11.7 Å². The molecular weight excluding hydrogens is 348 g/mol. The first-order valence-corrected chi connectivity index (χ1v) is 9.83. The monoisotopic (exact) mass is 388 g/mol. The molecule has 8 nitrogen and oxygen atoms in total. The van der Waals surface area contributed by atoms with E-state index in [0.29, 0.717) is 52.3 Å². The minimum Gasteiger partial charge on any atom is -0.382 e. The van der Waals surface area contributed by atoms with Crippen molar-refractivity contribution in [1.82, 2.24) is 16.0 Å². The molecule has 0 radical (unpaired) electrons. The largest absolute Gasteiger partial charge is 0.382 e. The summed E-state index contributed by atoms with van der Waals surface area (Å²) in [5, 5.41) is 9.34. The summed E-state index contributed by atoms with van der Waals surface area (Å²) in [7, 11) is 1.64. The van der Waals surface area contributed by atoms with Crippen molar-refractivity contribution in [2.24, 2.45) is 5.73 Å². The fraction of sp³-hybridized carbons (Fsp3) is 0.895. The molecule has 0 saturated carbocycles. The van der Waals surface area contributed by atoms with Crippen molar-refractivity contribution in [3.05, 3.63) is 0 Å². The van der Waals surface area contributed by atoms with Crippen LogP contribution in [0.5, 0.6) is 0 Å². The highest BCUT2D eigenvalue weighted by atomic mass is 16.5. The zero-order valence-corrected chi connectivity index (χ0v) is 17.7.